The molecule has 2 atom stereocenters. The van der Waals surface area contributed by atoms with Crippen molar-refractivity contribution in [2.45, 2.75) is 31.1 Å². The molecule has 0 radical (unpaired) electrons. The van der Waals surface area contributed by atoms with Crippen LogP contribution in [0.5, 0.6) is 0 Å². The van der Waals surface area contributed by atoms with Crippen molar-refractivity contribution in [1.82, 2.24) is 4.72 Å². The van der Waals surface area contributed by atoms with E-state index in [0.717, 1.165) is 24.3 Å². The van der Waals surface area contributed by atoms with Gasteiger partial charge in [0.2, 0.25) is 10.0 Å². The first-order valence-corrected chi connectivity index (χ1v) is 7.92. The van der Waals surface area contributed by atoms with Crippen LogP contribution in [0, 0.1) is 0 Å². The first-order valence-electron chi connectivity index (χ1n) is 4.81. The van der Waals surface area contributed by atoms with Crippen molar-refractivity contribution in [1.29, 1.82) is 0 Å². The minimum Gasteiger partial charge on any atom is -0.392 e. The van der Waals surface area contributed by atoms with Gasteiger partial charge in [0.1, 0.15) is 5.25 Å². The van der Waals surface area contributed by atoms with Gasteiger partial charge in [-0.1, -0.05) is 12.2 Å². The Balaban J connectivity index is 2.58. The van der Waals surface area contributed by atoms with Gasteiger partial charge in [0, 0.05) is 11.8 Å². The van der Waals surface area contributed by atoms with Gasteiger partial charge in [-0.15, -0.1) is 0 Å². The molecule has 0 aliphatic carbocycles. The van der Waals surface area contributed by atoms with Gasteiger partial charge < -0.3 is 5.73 Å². The molecule has 1 aliphatic rings. The topological polar surface area (TPSA) is 72.2 Å². The number of rotatable bonds is 4. The number of thioether (sulfide) groups is 1. The van der Waals surface area contributed by atoms with Crippen LogP contribution in [0.2, 0.25) is 0 Å². The molecule has 4 nitrogen and oxygen atoms in total. The number of nitrogens with one attached hydrogen (secondary N) is 1. The fraction of sp³-hybridized carbons (Fsp3) is 0.875. The zero-order valence-electron chi connectivity index (χ0n) is 8.60. The van der Waals surface area contributed by atoms with Crippen LogP contribution >= 0.6 is 24.0 Å². The average molecular weight is 268 g/mol. The highest BCUT2D eigenvalue weighted by Crippen LogP contribution is 2.18. The third kappa shape index (κ3) is 3.90. The van der Waals surface area contributed by atoms with Gasteiger partial charge >= 0.3 is 0 Å². The maximum Gasteiger partial charge on any atom is 0.221 e. The number of hydrogen-bond donors (Lipinski definition) is 2. The molecule has 0 aromatic heterocycles. The summed E-state index contributed by atoms with van der Waals surface area (Å²) in [5.41, 5.74) is 5.33. The summed E-state index contributed by atoms with van der Waals surface area (Å²) in [4.78, 5) is 0.0194. The molecule has 1 rings (SSSR count). The quantitative estimate of drug-likeness (QED) is 0.726. The second kappa shape index (κ2) is 5.47. The van der Waals surface area contributed by atoms with Crippen molar-refractivity contribution in [2.24, 2.45) is 5.73 Å². The predicted molar refractivity (Wildman–Crippen MR) is 68.6 cm³/mol. The van der Waals surface area contributed by atoms with Gasteiger partial charge in [-0.3, -0.25) is 0 Å². The first kappa shape index (κ1) is 13.2. The molecule has 1 heterocycles. The van der Waals surface area contributed by atoms with E-state index >= 15 is 0 Å². The molecule has 0 amide bonds. The molecule has 88 valence electrons. The van der Waals surface area contributed by atoms with E-state index in [1.807, 2.05) is 0 Å². The summed E-state index contributed by atoms with van der Waals surface area (Å²) < 4.78 is 26.2. The molecule has 1 saturated heterocycles. The summed E-state index contributed by atoms with van der Waals surface area (Å²) in [6.45, 7) is 1.51. The monoisotopic (exact) mass is 268 g/mol. The van der Waals surface area contributed by atoms with E-state index in [9.17, 15) is 8.42 Å². The summed E-state index contributed by atoms with van der Waals surface area (Å²) >= 11 is 6.46. The Bertz CT molecular complexity index is 323. The van der Waals surface area contributed by atoms with Crippen LogP contribution in [0.3, 0.4) is 0 Å². The van der Waals surface area contributed by atoms with Crippen molar-refractivity contribution >= 4 is 39.0 Å². The summed E-state index contributed by atoms with van der Waals surface area (Å²) in [5.74, 6) is 1.95. The molecule has 3 N–H and O–H groups in total. The molecule has 15 heavy (non-hydrogen) atoms. The maximum absolute atomic E-state index is 11.8. The van der Waals surface area contributed by atoms with Crippen LogP contribution in [0.25, 0.3) is 0 Å². The predicted octanol–water partition coefficient (Wildman–Crippen LogP) is 0.476. The van der Waals surface area contributed by atoms with Gasteiger partial charge in [0.25, 0.3) is 0 Å². The average Bonchev–Trinajstić information content (AvgIpc) is 2.17. The standard InChI is InChI=1S/C8H16N2O2S3/c1-6(8(9)13)15(11,12)10-7-3-2-4-14-5-7/h6-7,10H,2-5H2,1H3,(H2,9,13). The van der Waals surface area contributed by atoms with Crippen molar-refractivity contribution in [3.05, 3.63) is 0 Å². The molecule has 0 saturated carbocycles. The zero-order valence-corrected chi connectivity index (χ0v) is 11.1. The summed E-state index contributed by atoms with van der Waals surface area (Å²) in [6, 6.07) is 0.0329. The Labute approximate surface area is 100 Å². The molecule has 0 aromatic carbocycles. The van der Waals surface area contributed by atoms with Gasteiger partial charge in [-0.25, -0.2) is 13.1 Å². The second-order valence-electron chi connectivity index (χ2n) is 3.62. The number of thiocarbonyl (C=S) groups is 1. The van der Waals surface area contributed by atoms with E-state index in [2.05, 4.69) is 16.9 Å². The van der Waals surface area contributed by atoms with Crippen LogP contribution < -0.4 is 10.5 Å². The zero-order chi connectivity index (χ0) is 11.5. The van der Waals surface area contributed by atoms with Crippen LogP contribution in [0.1, 0.15) is 19.8 Å². The van der Waals surface area contributed by atoms with Gasteiger partial charge in [0.15, 0.2) is 0 Å². The van der Waals surface area contributed by atoms with Gasteiger partial charge in [0.05, 0.1) is 4.99 Å². The van der Waals surface area contributed by atoms with E-state index in [0.29, 0.717) is 0 Å². The Hall–Kier alpha value is 0.150. The lowest BCUT2D eigenvalue weighted by Gasteiger charge is -2.24. The number of hydrogen-bond acceptors (Lipinski definition) is 4. The highest BCUT2D eigenvalue weighted by atomic mass is 32.2. The lowest BCUT2D eigenvalue weighted by atomic mass is 10.2. The molecule has 0 aromatic rings. The maximum atomic E-state index is 11.8. The molecule has 1 aliphatic heterocycles. The van der Waals surface area contributed by atoms with Gasteiger partial charge in [-0.05, 0) is 25.5 Å². The number of sulfonamides is 1. The molecule has 2 unspecified atom stereocenters. The van der Waals surface area contributed by atoms with E-state index in [-0.39, 0.29) is 11.0 Å². The van der Waals surface area contributed by atoms with E-state index in [1.54, 1.807) is 11.8 Å². The molecule has 7 heteroatoms. The molecule has 0 spiro atoms. The normalized spacial score (nSPS) is 24.7. The third-order valence-electron chi connectivity index (χ3n) is 2.36. The van der Waals surface area contributed by atoms with E-state index < -0.39 is 15.3 Å². The minimum atomic E-state index is -3.39. The van der Waals surface area contributed by atoms with Crippen molar-refractivity contribution in [3.8, 4) is 0 Å². The number of nitrogens with two attached hydrogens (primary N) is 1. The molecule has 1 fully saturated rings. The van der Waals surface area contributed by atoms with Crippen LogP contribution in [0.15, 0.2) is 0 Å². The highest BCUT2D eigenvalue weighted by Gasteiger charge is 2.27. The lowest BCUT2D eigenvalue weighted by molar-refractivity contribution is 0.541. The highest BCUT2D eigenvalue weighted by molar-refractivity contribution is 7.99. The first-order chi connectivity index (χ1) is 6.93. The Morgan fingerprint density at radius 2 is 2.33 bits per heavy atom. The van der Waals surface area contributed by atoms with Crippen molar-refractivity contribution < 1.29 is 8.42 Å². The lowest BCUT2D eigenvalue weighted by Crippen LogP contribution is -2.46. The molecule has 0 bridgehead atoms. The fourth-order valence-corrected chi connectivity index (χ4v) is 4.05. The summed E-state index contributed by atoms with van der Waals surface area (Å²) in [6.07, 6.45) is 1.95. The fourth-order valence-electron chi connectivity index (χ4n) is 1.32. The third-order valence-corrected chi connectivity index (χ3v) is 5.92. The van der Waals surface area contributed by atoms with Crippen molar-refractivity contribution in [2.75, 3.05) is 11.5 Å². The second-order valence-corrected chi connectivity index (χ2v) is 7.28. The Kier molecular flexibility index (Phi) is 4.82. The smallest absolute Gasteiger partial charge is 0.221 e. The van der Waals surface area contributed by atoms with Crippen LogP contribution in [0.4, 0.5) is 0 Å². The van der Waals surface area contributed by atoms with E-state index in [1.165, 1.54) is 6.92 Å². The SMILES string of the molecule is CC(C(N)=S)S(=O)(=O)NC1CCCSC1. The largest absolute Gasteiger partial charge is 0.392 e. The minimum absolute atomic E-state index is 0.0194. The Morgan fingerprint density at radius 3 is 2.80 bits per heavy atom. The van der Waals surface area contributed by atoms with Gasteiger partial charge in [-0.2, -0.15) is 11.8 Å². The van der Waals surface area contributed by atoms with Crippen molar-refractivity contribution in [3.63, 3.8) is 0 Å². The molecular formula is C8H16N2O2S3. The van der Waals surface area contributed by atoms with E-state index in [4.69, 9.17) is 5.73 Å². The Morgan fingerprint density at radius 1 is 1.67 bits per heavy atom. The summed E-state index contributed by atoms with van der Waals surface area (Å²) in [7, 11) is -3.39. The summed E-state index contributed by atoms with van der Waals surface area (Å²) in [5, 5.41) is -0.792. The van der Waals surface area contributed by atoms with Crippen LogP contribution in [-0.4, -0.2) is 36.2 Å². The molecular weight excluding hydrogens is 252 g/mol. The van der Waals surface area contributed by atoms with Crippen LogP contribution in [-0.2, 0) is 10.0 Å².